The van der Waals surface area contributed by atoms with Gasteiger partial charge in [-0.05, 0) is 68.3 Å². The maximum absolute atomic E-state index is 6.61. The SMILES string of the molecule is COc1ccc(C(Cl)c2cccc(I)c2)c(OC)c1Br. The van der Waals surface area contributed by atoms with Crippen LogP contribution in [0.5, 0.6) is 11.5 Å². The highest BCUT2D eigenvalue weighted by Gasteiger charge is 2.20. The third-order valence-corrected chi connectivity index (χ3v) is 4.84. The van der Waals surface area contributed by atoms with Gasteiger partial charge >= 0.3 is 0 Å². The predicted octanol–water partition coefficient (Wildman–Crippen LogP) is 5.40. The summed E-state index contributed by atoms with van der Waals surface area (Å²) in [5.74, 6) is 1.42. The Morgan fingerprint density at radius 1 is 1.15 bits per heavy atom. The van der Waals surface area contributed by atoms with E-state index in [2.05, 4.69) is 44.6 Å². The van der Waals surface area contributed by atoms with E-state index in [0.29, 0.717) is 5.75 Å². The molecule has 0 N–H and O–H groups in total. The lowest BCUT2D eigenvalue weighted by Gasteiger charge is -2.17. The van der Waals surface area contributed by atoms with Crippen LogP contribution in [-0.4, -0.2) is 14.2 Å². The minimum absolute atomic E-state index is 0.276. The average Bonchev–Trinajstić information content (AvgIpc) is 2.46. The molecule has 1 unspecified atom stereocenters. The molecule has 0 fully saturated rings. The fraction of sp³-hybridized carbons (Fsp3) is 0.200. The van der Waals surface area contributed by atoms with E-state index in [9.17, 15) is 0 Å². The van der Waals surface area contributed by atoms with Gasteiger partial charge in [-0.15, -0.1) is 11.6 Å². The number of alkyl halides is 1. The van der Waals surface area contributed by atoms with E-state index < -0.39 is 0 Å². The molecule has 0 aliphatic carbocycles. The normalized spacial score (nSPS) is 12.1. The summed E-state index contributed by atoms with van der Waals surface area (Å²) >= 11 is 12.4. The highest BCUT2D eigenvalue weighted by Crippen LogP contribution is 2.43. The van der Waals surface area contributed by atoms with Gasteiger partial charge in [-0.25, -0.2) is 0 Å². The Morgan fingerprint density at radius 3 is 2.50 bits per heavy atom. The van der Waals surface area contributed by atoms with Crippen molar-refractivity contribution in [3.8, 4) is 11.5 Å². The van der Waals surface area contributed by atoms with Gasteiger partial charge in [0.25, 0.3) is 0 Å². The lowest BCUT2D eigenvalue weighted by molar-refractivity contribution is 0.386. The molecule has 2 aromatic rings. The zero-order valence-electron chi connectivity index (χ0n) is 11.0. The van der Waals surface area contributed by atoms with Crippen LogP contribution >= 0.6 is 50.1 Å². The molecule has 106 valence electrons. The standard InChI is InChI=1S/C15H13BrClIO2/c1-19-12-7-6-11(15(20-2)13(12)16)14(17)9-4-3-5-10(18)8-9/h3-8,14H,1-2H3. The first-order valence-corrected chi connectivity index (χ1v) is 8.19. The number of rotatable bonds is 4. The summed E-state index contributed by atoms with van der Waals surface area (Å²) in [6, 6.07) is 11.9. The number of hydrogen-bond donors (Lipinski definition) is 0. The summed E-state index contributed by atoms with van der Waals surface area (Å²) in [5.41, 5.74) is 1.94. The molecule has 0 aromatic heterocycles. The molecule has 0 amide bonds. The van der Waals surface area contributed by atoms with Crippen molar-refractivity contribution in [1.29, 1.82) is 0 Å². The highest BCUT2D eigenvalue weighted by molar-refractivity contribution is 14.1. The third kappa shape index (κ3) is 3.23. The van der Waals surface area contributed by atoms with Gasteiger partial charge in [0.2, 0.25) is 0 Å². The molecule has 2 nitrogen and oxygen atoms in total. The van der Waals surface area contributed by atoms with Crippen LogP contribution in [0, 0.1) is 3.57 Å². The zero-order valence-corrected chi connectivity index (χ0v) is 15.5. The lowest BCUT2D eigenvalue weighted by Crippen LogP contribution is -2.00. The smallest absolute Gasteiger partial charge is 0.141 e. The van der Waals surface area contributed by atoms with E-state index in [1.54, 1.807) is 14.2 Å². The molecule has 1 atom stereocenters. The molecule has 0 aliphatic heterocycles. The Kier molecular flexibility index (Phi) is 5.57. The van der Waals surface area contributed by atoms with Crippen LogP contribution in [0.4, 0.5) is 0 Å². The third-order valence-electron chi connectivity index (χ3n) is 2.93. The Morgan fingerprint density at radius 2 is 1.90 bits per heavy atom. The van der Waals surface area contributed by atoms with Crippen molar-refractivity contribution < 1.29 is 9.47 Å². The van der Waals surface area contributed by atoms with Gasteiger partial charge in [-0.1, -0.05) is 12.1 Å². The number of methoxy groups -OCH3 is 2. The predicted molar refractivity (Wildman–Crippen MR) is 94.1 cm³/mol. The van der Waals surface area contributed by atoms with Gasteiger partial charge in [0, 0.05) is 9.13 Å². The molecular formula is C15H13BrClIO2. The van der Waals surface area contributed by atoms with Crippen molar-refractivity contribution >= 4 is 50.1 Å². The van der Waals surface area contributed by atoms with Crippen molar-refractivity contribution in [3.63, 3.8) is 0 Å². The second-order valence-corrected chi connectivity index (χ2v) is 6.60. The molecule has 0 saturated heterocycles. The minimum atomic E-state index is -0.276. The Balaban J connectivity index is 2.49. The quantitative estimate of drug-likeness (QED) is 0.443. The summed E-state index contributed by atoms with van der Waals surface area (Å²) in [6.07, 6.45) is 0. The van der Waals surface area contributed by atoms with E-state index >= 15 is 0 Å². The van der Waals surface area contributed by atoms with Crippen molar-refractivity contribution in [1.82, 2.24) is 0 Å². The van der Waals surface area contributed by atoms with Crippen molar-refractivity contribution in [3.05, 3.63) is 55.6 Å². The molecule has 0 bridgehead atoms. The first kappa shape index (κ1) is 15.9. The van der Waals surface area contributed by atoms with E-state index in [4.69, 9.17) is 21.1 Å². The van der Waals surface area contributed by atoms with Gasteiger partial charge in [0.15, 0.2) is 0 Å². The summed E-state index contributed by atoms with van der Waals surface area (Å²) in [7, 11) is 3.25. The first-order chi connectivity index (χ1) is 9.58. The van der Waals surface area contributed by atoms with Gasteiger partial charge in [-0.3, -0.25) is 0 Å². The summed E-state index contributed by atoms with van der Waals surface area (Å²) in [6.45, 7) is 0. The minimum Gasteiger partial charge on any atom is -0.495 e. The molecule has 5 heteroatoms. The maximum atomic E-state index is 6.61. The molecule has 20 heavy (non-hydrogen) atoms. The molecular weight excluding hydrogens is 454 g/mol. The largest absolute Gasteiger partial charge is 0.495 e. The van der Waals surface area contributed by atoms with Gasteiger partial charge < -0.3 is 9.47 Å². The fourth-order valence-corrected chi connectivity index (χ4v) is 3.52. The lowest BCUT2D eigenvalue weighted by atomic mass is 10.0. The molecule has 0 spiro atoms. The monoisotopic (exact) mass is 466 g/mol. The van der Waals surface area contributed by atoms with Crippen LogP contribution in [0.1, 0.15) is 16.5 Å². The van der Waals surface area contributed by atoms with Crippen molar-refractivity contribution in [2.75, 3.05) is 14.2 Å². The van der Waals surface area contributed by atoms with Crippen LogP contribution in [0.15, 0.2) is 40.9 Å². The average molecular weight is 468 g/mol. The van der Waals surface area contributed by atoms with Crippen LogP contribution < -0.4 is 9.47 Å². The number of hydrogen-bond acceptors (Lipinski definition) is 2. The van der Waals surface area contributed by atoms with Crippen molar-refractivity contribution in [2.45, 2.75) is 5.38 Å². The Labute approximate surface area is 145 Å². The van der Waals surface area contributed by atoms with Gasteiger partial charge in [0.1, 0.15) is 16.0 Å². The summed E-state index contributed by atoms with van der Waals surface area (Å²) in [4.78, 5) is 0. The molecule has 0 saturated carbocycles. The molecule has 2 aromatic carbocycles. The molecule has 0 aliphatic rings. The van der Waals surface area contributed by atoms with Gasteiger partial charge in [0.05, 0.1) is 19.6 Å². The molecule has 0 radical (unpaired) electrons. The van der Waals surface area contributed by atoms with E-state index in [0.717, 1.165) is 24.9 Å². The number of benzene rings is 2. The van der Waals surface area contributed by atoms with Crippen LogP contribution in [0.25, 0.3) is 0 Å². The van der Waals surface area contributed by atoms with Crippen LogP contribution in [0.3, 0.4) is 0 Å². The van der Waals surface area contributed by atoms with E-state index in [1.165, 1.54) is 0 Å². The maximum Gasteiger partial charge on any atom is 0.141 e. The van der Waals surface area contributed by atoms with E-state index in [1.807, 2.05) is 30.3 Å². The van der Waals surface area contributed by atoms with Gasteiger partial charge in [-0.2, -0.15) is 0 Å². The summed E-state index contributed by atoms with van der Waals surface area (Å²) < 4.78 is 12.7. The number of halogens is 3. The number of ether oxygens (including phenoxy) is 2. The fourth-order valence-electron chi connectivity index (χ4n) is 1.96. The second kappa shape index (κ2) is 7.00. The zero-order chi connectivity index (χ0) is 14.7. The first-order valence-electron chi connectivity index (χ1n) is 5.88. The topological polar surface area (TPSA) is 18.5 Å². The molecule has 0 heterocycles. The van der Waals surface area contributed by atoms with E-state index in [-0.39, 0.29) is 5.38 Å². The van der Waals surface area contributed by atoms with Crippen molar-refractivity contribution in [2.24, 2.45) is 0 Å². The highest BCUT2D eigenvalue weighted by atomic mass is 127. The van der Waals surface area contributed by atoms with Crippen LogP contribution in [-0.2, 0) is 0 Å². The summed E-state index contributed by atoms with van der Waals surface area (Å²) in [5, 5.41) is -0.276. The Bertz CT molecular complexity index is 619. The molecule has 2 rings (SSSR count). The Hall–Kier alpha value is -0.460. The van der Waals surface area contributed by atoms with Crippen LogP contribution in [0.2, 0.25) is 0 Å². The second-order valence-electron chi connectivity index (χ2n) is 4.12.